The van der Waals surface area contributed by atoms with Gasteiger partial charge >= 0.3 is 11.9 Å². The summed E-state index contributed by atoms with van der Waals surface area (Å²) < 4.78 is 9.68. The van der Waals surface area contributed by atoms with Gasteiger partial charge in [0.15, 0.2) is 0 Å². The maximum absolute atomic E-state index is 12.1. The Bertz CT molecular complexity index is 805. The zero-order valence-electron chi connectivity index (χ0n) is 12.5. The average Bonchev–Trinajstić information content (AvgIpc) is 2.58. The Morgan fingerprint density at radius 2 is 1.92 bits per heavy atom. The van der Waals surface area contributed by atoms with Crippen molar-refractivity contribution >= 4 is 29.2 Å². The van der Waals surface area contributed by atoms with Gasteiger partial charge in [-0.2, -0.15) is 0 Å². The fraction of sp³-hybridized carbons (Fsp3) is 0.125. The molecule has 0 amide bonds. The fourth-order valence-corrected chi connectivity index (χ4v) is 2.14. The van der Waals surface area contributed by atoms with Crippen LogP contribution in [0.15, 0.2) is 42.5 Å². The van der Waals surface area contributed by atoms with Crippen LogP contribution in [0.3, 0.4) is 0 Å². The van der Waals surface area contributed by atoms with E-state index in [0.717, 1.165) is 6.07 Å². The van der Waals surface area contributed by atoms with Crippen LogP contribution in [0.25, 0.3) is 0 Å². The van der Waals surface area contributed by atoms with Gasteiger partial charge in [-0.3, -0.25) is 10.1 Å². The number of halogens is 1. The van der Waals surface area contributed by atoms with E-state index in [1.54, 1.807) is 18.2 Å². The van der Waals surface area contributed by atoms with E-state index in [0.29, 0.717) is 11.1 Å². The number of nitrogens with zero attached hydrogens (tertiary/aromatic N) is 1. The number of rotatable bonds is 5. The van der Waals surface area contributed by atoms with Crippen molar-refractivity contribution in [3.05, 3.63) is 74.3 Å². The van der Waals surface area contributed by atoms with Crippen LogP contribution >= 0.6 is 11.6 Å². The summed E-state index contributed by atoms with van der Waals surface area (Å²) in [7, 11) is 1.26. The molecule has 124 valence electrons. The van der Waals surface area contributed by atoms with Crippen molar-refractivity contribution < 1.29 is 24.0 Å². The Hall–Kier alpha value is -2.93. The fourth-order valence-electron chi connectivity index (χ4n) is 1.96. The van der Waals surface area contributed by atoms with Gasteiger partial charge in [-0.1, -0.05) is 23.7 Å². The molecule has 0 aliphatic rings. The first-order chi connectivity index (χ1) is 11.4. The van der Waals surface area contributed by atoms with Gasteiger partial charge in [0.05, 0.1) is 17.6 Å². The second-order valence-corrected chi connectivity index (χ2v) is 5.12. The van der Waals surface area contributed by atoms with E-state index in [4.69, 9.17) is 16.3 Å². The molecule has 2 aromatic rings. The predicted molar refractivity (Wildman–Crippen MR) is 85.0 cm³/mol. The summed E-state index contributed by atoms with van der Waals surface area (Å²) in [6.07, 6.45) is 0. The van der Waals surface area contributed by atoms with Crippen molar-refractivity contribution in [3.8, 4) is 0 Å². The van der Waals surface area contributed by atoms with Crippen LogP contribution in [0.2, 0.25) is 5.02 Å². The molecule has 0 aliphatic heterocycles. The molecule has 0 aliphatic carbocycles. The van der Waals surface area contributed by atoms with E-state index in [2.05, 4.69) is 4.74 Å². The minimum Gasteiger partial charge on any atom is -0.465 e. The van der Waals surface area contributed by atoms with Crippen molar-refractivity contribution in [2.45, 2.75) is 6.61 Å². The van der Waals surface area contributed by atoms with Gasteiger partial charge < -0.3 is 9.47 Å². The molecule has 0 saturated carbocycles. The third-order valence-corrected chi connectivity index (χ3v) is 3.33. The molecule has 0 unspecified atom stereocenters. The van der Waals surface area contributed by atoms with Gasteiger partial charge in [0.2, 0.25) is 0 Å². The molecule has 24 heavy (non-hydrogen) atoms. The van der Waals surface area contributed by atoms with E-state index in [1.807, 2.05) is 0 Å². The molecule has 8 heteroatoms. The van der Waals surface area contributed by atoms with Gasteiger partial charge in [-0.05, 0) is 29.8 Å². The molecule has 0 atom stereocenters. The van der Waals surface area contributed by atoms with Crippen molar-refractivity contribution in [3.63, 3.8) is 0 Å². The van der Waals surface area contributed by atoms with Gasteiger partial charge in [-0.25, -0.2) is 9.59 Å². The molecule has 7 nitrogen and oxygen atoms in total. The lowest BCUT2D eigenvalue weighted by atomic mass is 10.1. The summed E-state index contributed by atoms with van der Waals surface area (Å²) >= 11 is 5.77. The predicted octanol–water partition coefficient (Wildman–Crippen LogP) is 3.39. The zero-order valence-corrected chi connectivity index (χ0v) is 13.3. The van der Waals surface area contributed by atoms with E-state index < -0.39 is 22.5 Å². The van der Waals surface area contributed by atoms with Gasteiger partial charge in [0, 0.05) is 11.1 Å². The Balaban J connectivity index is 2.16. The van der Waals surface area contributed by atoms with Crippen molar-refractivity contribution in [1.82, 2.24) is 0 Å². The van der Waals surface area contributed by atoms with Gasteiger partial charge in [0.25, 0.3) is 5.69 Å². The molecule has 0 radical (unpaired) electrons. The number of carbonyl (C=O) groups excluding carboxylic acids is 2. The number of carbonyl (C=O) groups is 2. The topological polar surface area (TPSA) is 95.7 Å². The lowest BCUT2D eigenvalue weighted by molar-refractivity contribution is -0.385. The number of hydrogen-bond acceptors (Lipinski definition) is 6. The maximum atomic E-state index is 12.1. The summed E-state index contributed by atoms with van der Waals surface area (Å²) in [5, 5.41) is 11.1. The number of hydrogen-bond donors (Lipinski definition) is 0. The lowest BCUT2D eigenvalue weighted by Crippen LogP contribution is -2.09. The Morgan fingerprint density at radius 3 is 2.58 bits per heavy atom. The van der Waals surface area contributed by atoms with Gasteiger partial charge in [0.1, 0.15) is 12.2 Å². The molecule has 0 saturated heterocycles. The van der Waals surface area contributed by atoms with Crippen LogP contribution in [-0.2, 0) is 16.1 Å². The number of ether oxygens (including phenoxy) is 2. The van der Waals surface area contributed by atoms with E-state index in [9.17, 15) is 19.7 Å². The number of methoxy groups -OCH3 is 1. The first kappa shape index (κ1) is 17.4. The van der Waals surface area contributed by atoms with Crippen LogP contribution < -0.4 is 0 Å². The summed E-state index contributed by atoms with van der Waals surface area (Å²) in [6, 6.07) is 9.94. The lowest BCUT2D eigenvalue weighted by Gasteiger charge is -2.07. The highest BCUT2D eigenvalue weighted by Gasteiger charge is 2.22. The molecule has 0 bridgehead atoms. The highest BCUT2D eigenvalue weighted by Crippen LogP contribution is 2.24. The maximum Gasteiger partial charge on any atom is 0.345 e. The quantitative estimate of drug-likeness (QED) is 0.466. The Kier molecular flexibility index (Phi) is 5.49. The average molecular weight is 350 g/mol. The van der Waals surface area contributed by atoms with Crippen LogP contribution in [0.5, 0.6) is 0 Å². The highest BCUT2D eigenvalue weighted by molar-refractivity contribution is 6.31. The van der Waals surface area contributed by atoms with Crippen molar-refractivity contribution in [1.29, 1.82) is 0 Å². The summed E-state index contributed by atoms with van der Waals surface area (Å²) in [5.74, 6) is -1.40. The molecule has 2 rings (SSSR count). The summed E-state index contributed by atoms with van der Waals surface area (Å²) in [5.41, 5.74) is 0.208. The van der Waals surface area contributed by atoms with E-state index in [-0.39, 0.29) is 17.2 Å². The second-order valence-electron chi connectivity index (χ2n) is 4.69. The molecule has 0 N–H and O–H groups in total. The third-order valence-electron chi connectivity index (χ3n) is 3.09. The number of nitro benzene ring substituents is 1. The molecule has 0 aromatic heterocycles. The molecular formula is C16H12ClNO6. The summed E-state index contributed by atoms with van der Waals surface area (Å²) in [4.78, 5) is 33.8. The van der Waals surface area contributed by atoms with E-state index >= 15 is 0 Å². The van der Waals surface area contributed by atoms with Gasteiger partial charge in [-0.15, -0.1) is 0 Å². The number of esters is 2. The van der Waals surface area contributed by atoms with Crippen molar-refractivity contribution in [2.75, 3.05) is 7.11 Å². The molecule has 0 heterocycles. The van der Waals surface area contributed by atoms with Crippen LogP contribution in [0.1, 0.15) is 26.3 Å². The standard InChI is InChI=1S/C16H12ClNO6/c1-23-15(19)11-4-2-3-10(7-11)9-24-16(20)13-8-12(17)5-6-14(13)18(21)22/h2-8H,9H2,1H3. The van der Waals surface area contributed by atoms with E-state index in [1.165, 1.54) is 25.3 Å². The molecular weight excluding hydrogens is 338 g/mol. The Morgan fingerprint density at radius 1 is 1.17 bits per heavy atom. The minimum absolute atomic E-state index is 0.159. The van der Waals surface area contributed by atoms with Crippen LogP contribution in [-0.4, -0.2) is 24.0 Å². The zero-order chi connectivity index (χ0) is 17.7. The molecule has 2 aromatic carbocycles. The minimum atomic E-state index is -0.882. The highest BCUT2D eigenvalue weighted by atomic mass is 35.5. The summed E-state index contributed by atoms with van der Waals surface area (Å²) in [6.45, 7) is -0.159. The Labute approximate surface area is 141 Å². The number of nitro groups is 1. The second kappa shape index (κ2) is 7.56. The monoisotopic (exact) mass is 349 g/mol. The molecule has 0 fully saturated rings. The van der Waals surface area contributed by atoms with Crippen LogP contribution in [0, 0.1) is 10.1 Å². The van der Waals surface area contributed by atoms with Crippen LogP contribution in [0.4, 0.5) is 5.69 Å². The largest absolute Gasteiger partial charge is 0.465 e. The SMILES string of the molecule is COC(=O)c1cccc(COC(=O)c2cc(Cl)ccc2[N+](=O)[O-])c1. The first-order valence-electron chi connectivity index (χ1n) is 6.70. The number of benzene rings is 2. The first-order valence-corrected chi connectivity index (χ1v) is 7.08. The molecule has 0 spiro atoms. The van der Waals surface area contributed by atoms with Crippen molar-refractivity contribution in [2.24, 2.45) is 0 Å². The third kappa shape index (κ3) is 4.08. The smallest absolute Gasteiger partial charge is 0.345 e. The normalized spacial score (nSPS) is 10.1.